The normalized spacial score (nSPS) is 11.0. The Hall–Kier alpha value is -2.09. The largest absolute Gasteiger partial charge is 0.298 e. The summed E-state index contributed by atoms with van der Waals surface area (Å²) in [5.74, 6) is -0.183. The van der Waals surface area contributed by atoms with Crippen molar-refractivity contribution in [2.24, 2.45) is 0 Å². The molecule has 3 heterocycles. The molecule has 4 aromatic rings. The number of thiophene rings is 1. The first kappa shape index (κ1) is 16.4. The highest BCUT2D eigenvalue weighted by molar-refractivity contribution is 9.10. The number of benzene rings is 1. The number of carbonyl (C=O) groups is 1. The Morgan fingerprint density at radius 1 is 1.20 bits per heavy atom. The number of aromatic nitrogens is 2. The predicted molar refractivity (Wildman–Crippen MR) is 108 cm³/mol. The van der Waals surface area contributed by atoms with E-state index in [2.05, 4.69) is 26.2 Å². The molecule has 0 aliphatic heterocycles. The van der Waals surface area contributed by atoms with Crippen LogP contribution in [0.2, 0.25) is 0 Å². The maximum Gasteiger partial charge on any atom is 0.258 e. The second-order valence-corrected chi connectivity index (χ2v) is 8.20. The average molecular weight is 430 g/mol. The Labute approximate surface area is 160 Å². The van der Waals surface area contributed by atoms with Crippen LogP contribution in [0.5, 0.6) is 0 Å². The zero-order valence-electron chi connectivity index (χ0n) is 13.1. The van der Waals surface area contributed by atoms with Crippen LogP contribution in [0.25, 0.3) is 21.5 Å². The molecule has 0 fully saturated rings. The van der Waals surface area contributed by atoms with Crippen LogP contribution in [0.1, 0.15) is 15.9 Å². The molecule has 0 saturated heterocycles. The third kappa shape index (κ3) is 3.22. The van der Waals surface area contributed by atoms with Crippen molar-refractivity contribution in [2.45, 2.75) is 6.92 Å². The van der Waals surface area contributed by atoms with Crippen LogP contribution >= 0.6 is 38.6 Å². The summed E-state index contributed by atoms with van der Waals surface area (Å²) in [6.07, 6.45) is 1.67. The van der Waals surface area contributed by atoms with Gasteiger partial charge in [0.2, 0.25) is 0 Å². The number of nitrogens with one attached hydrogen (secondary N) is 1. The van der Waals surface area contributed by atoms with E-state index in [-0.39, 0.29) is 5.91 Å². The van der Waals surface area contributed by atoms with E-state index in [1.807, 2.05) is 48.0 Å². The van der Waals surface area contributed by atoms with Crippen molar-refractivity contribution < 1.29 is 4.79 Å². The number of nitrogens with zero attached hydrogens (tertiary/aromatic N) is 2. The Morgan fingerprint density at radius 2 is 2.08 bits per heavy atom. The van der Waals surface area contributed by atoms with Crippen molar-refractivity contribution >= 4 is 60.5 Å². The molecule has 1 amide bonds. The van der Waals surface area contributed by atoms with Crippen molar-refractivity contribution in [3.05, 3.63) is 62.9 Å². The monoisotopic (exact) mass is 429 g/mol. The minimum Gasteiger partial charge on any atom is -0.298 e. The fraction of sp³-hybridized carbons (Fsp3) is 0.0556. The van der Waals surface area contributed by atoms with Gasteiger partial charge >= 0.3 is 0 Å². The van der Waals surface area contributed by atoms with Gasteiger partial charge in [0, 0.05) is 21.4 Å². The topological polar surface area (TPSA) is 54.9 Å². The Morgan fingerprint density at radius 3 is 2.80 bits per heavy atom. The number of carbonyl (C=O) groups excluding carboxylic acids is 1. The summed E-state index contributed by atoms with van der Waals surface area (Å²) < 4.78 is 0.923. The van der Waals surface area contributed by atoms with Crippen LogP contribution in [-0.2, 0) is 0 Å². The fourth-order valence-electron chi connectivity index (χ4n) is 2.64. The van der Waals surface area contributed by atoms with E-state index in [0.29, 0.717) is 10.7 Å². The van der Waals surface area contributed by atoms with Gasteiger partial charge in [-0.15, -0.1) is 22.7 Å². The van der Waals surface area contributed by atoms with E-state index in [4.69, 9.17) is 4.98 Å². The molecule has 0 aliphatic carbocycles. The molecule has 0 atom stereocenters. The first-order chi connectivity index (χ1) is 12.1. The molecule has 1 N–H and O–H groups in total. The lowest BCUT2D eigenvalue weighted by Gasteiger charge is -2.11. The van der Waals surface area contributed by atoms with Crippen molar-refractivity contribution in [2.75, 3.05) is 5.32 Å². The van der Waals surface area contributed by atoms with Crippen LogP contribution in [-0.4, -0.2) is 15.9 Å². The Kier molecular flexibility index (Phi) is 4.37. The molecule has 0 spiro atoms. The molecule has 25 heavy (non-hydrogen) atoms. The van der Waals surface area contributed by atoms with Gasteiger partial charge < -0.3 is 0 Å². The number of rotatable bonds is 3. The highest BCUT2D eigenvalue weighted by atomic mass is 79.9. The maximum atomic E-state index is 12.9. The molecule has 4 nitrogen and oxygen atoms in total. The molecule has 4 rings (SSSR count). The standard InChI is InChI=1S/C18H12BrN3OS2/c1-10-7-11(19)8-12-13(17(23)22-18-20-4-6-25-18)9-14(21-16(10)12)15-3-2-5-24-15/h2-9H,1H3,(H,20,22,23). The zero-order chi connectivity index (χ0) is 17.4. The number of hydrogen-bond acceptors (Lipinski definition) is 5. The molecular weight excluding hydrogens is 418 g/mol. The minimum atomic E-state index is -0.183. The molecular formula is C18H12BrN3OS2. The summed E-state index contributed by atoms with van der Waals surface area (Å²) >= 11 is 6.52. The van der Waals surface area contributed by atoms with Crippen LogP contribution in [0.3, 0.4) is 0 Å². The third-order valence-corrected chi connectivity index (χ3v) is 5.78. The molecule has 3 aromatic heterocycles. The quantitative estimate of drug-likeness (QED) is 0.451. The molecule has 1 aromatic carbocycles. The zero-order valence-corrected chi connectivity index (χ0v) is 16.3. The number of pyridine rings is 1. The van der Waals surface area contributed by atoms with Gasteiger partial charge in [-0.25, -0.2) is 9.97 Å². The average Bonchev–Trinajstić information content (AvgIpc) is 3.27. The number of amides is 1. The van der Waals surface area contributed by atoms with Crippen LogP contribution in [0, 0.1) is 6.92 Å². The summed E-state index contributed by atoms with van der Waals surface area (Å²) in [6.45, 7) is 2.00. The summed E-state index contributed by atoms with van der Waals surface area (Å²) in [5.41, 5.74) is 3.25. The highest BCUT2D eigenvalue weighted by Crippen LogP contribution is 2.31. The molecule has 0 aliphatic rings. The molecule has 7 heteroatoms. The second kappa shape index (κ2) is 6.67. The number of halogens is 1. The lowest BCUT2D eigenvalue weighted by atomic mass is 10.0. The lowest BCUT2D eigenvalue weighted by molar-refractivity contribution is 0.102. The number of anilines is 1. The molecule has 0 unspecified atom stereocenters. The van der Waals surface area contributed by atoms with E-state index < -0.39 is 0 Å². The van der Waals surface area contributed by atoms with Gasteiger partial charge in [0.15, 0.2) is 5.13 Å². The molecule has 0 saturated carbocycles. The maximum absolute atomic E-state index is 12.9. The van der Waals surface area contributed by atoms with Crippen molar-refractivity contribution in [3.63, 3.8) is 0 Å². The van der Waals surface area contributed by atoms with E-state index >= 15 is 0 Å². The molecule has 0 radical (unpaired) electrons. The molecule has 124 valence electrons. The smallest absolute Gasteiger partial charge is 0.258 e. The van der Waals surface area contributed by atoms with Crippen LogP contribution in [0.15, 0.2) is 51.8 Å². The summed E-state index contributed by atoms with van der Waals surface area (Å²) in [6, 6.07) is 9.79. The number of thiazole rings is 1. The van der Waals surface area contributed by atoms with Crippen LogP contribution < -0.4 is 5.32 Å². The van der Waals surface area contributed by atoms with Gasteiger partial charge in [0.25, 0.3) is 5.91 Å². The SMILES string of the molecule is Cc1cc(Br)cc2c(C(=O)Nc3nccs3)cc(-c3cccs3)nc12. The van der Waals surface area contributed by atoms with E-state index in [1.165, 1.54) is 11.3 Å². The van der Waals surface area contributed by atoms with Gasteiger partial charge in [-0.05, 0) is 42.1 Å². The van der Waals surface area contributed by atoms with Gasteiger partial charge in [0.1, 0.15) is 0 Å². The number of fused-ring (bicyclic) bond motifs is 1. The van der Waals surface area contributed by atoms with Crippen LogP contribution in [0.4, 0.5) is 5.13 Å². The summed E-state index contributed by atoms with van der Waals surface area (Å²) in [4.78, 5) is 22.8. The minimum absolute atomic E-state index is 0.183. The van der Waals surface area contributed by atoms with Gasteiger partial charge in [-0.3, -0.25) is 10.1 Å². The van der Waals surface area contributed by atoms with Gasteiger partial charge in [-0.2, -0.15) is 0 Å². The number of hydrogen-bond donors (Lipinski definition) is 1. The fourth-order valence-corrected chi connectivity index (χ4v) is 4.43. The number of aryl methyl sites for hydroxylation is 1. The van der Waals surface area contributed by atoms with Gasteiger partial charge in [0.05, 0.1) is 21.7 Å². The Balaban J connectivity index is 1.92. The summed E-state index contributed by atoms with van der Waals surface area (Å²) in [7, 11) is 0. The van der Waals surface area contributed by atoms with Crippen molar-refractivity contribution in [1.82, 2.24) is 9.97 Å². The first-order valence-corrected chi connectivity index (χ1v) is 10.0. The van der Waals surface area contributed by atoms with E-state index in [0.717, 1.165) is 31.5 Å². The first-order valence-electron chi connectivity index (χ1n) is 7.47. The van der Waals surface area contributed by atoms with Crippen molar-refractivity contribution in [3.8, 4) is 10.6 Å². The molecule has 0 bridgehead atoms. The van der Waals surface area contributed by atoms with E-state index in [9.17, 15) is 4.79 Å². The second-order valence-electron chi connectivity index (χ2n) is 5.44. The highest BCUT2D eigenvalue weighted by Gasteiger charge is 2.17. The summed E-state index contributed by atoms with van der Waals surface area (Å²) in [5, 5.41) is 8.11. The predicted octanol–water partition coefficient (Wildman–Crippen LogP) is 5.74. The van der Waals surface area contributed by atoms with Crippen molar-refractivity contribution in [1.29, 1.82) is 0 Å². The Bertz CT molecular complexity index is 1060. The third-order valence-electron chi connectivity index (χ3n) is 3.74. The van der Waals surface area contributed by atoms with Gasteiger partial charge in [-0.1, -0.05) is 22.0 Å². The lowest BCUT2D eigenvalue weighted by Crippen LogP contribution is -2.13. The van der Waals surface area contributed by atoms with E-state index in [1.54, 1.807) is 17.5 Å².